The molecule has 1 saturated heterocycles. The third-order valence-corrected chi connectivity index (χ3v) is 5.79. The van der Waals surface area contributed by atoms with Gasteiger partial charge in [0.15, 0.2) is 17.6 Å². The number of carboxylic acids is 1. The molecule has 0 aliphatic carbocycles. The number of fused-ring (bicyclic) bond motifs is 1. The SMILES string of the molecule is O=C(O)[C@@H]1CCCN1C(=O)COc1cc(C(F)(F)F)ccc1-c1cc(=O)c2cccc(Cl)c2o1. The number of nitrogens with zero attached hydrogens (tertiary/aromatic N) is 1. The highest BCUT2D eigenvalue weighted by Gasteiger charge is 2.35. The van der Waals surface area contributed by atoms with E-state index in [2.05, 4.69) is 0 Å². The first-order valence-corrected chi connectivity index (χ1v) is 10.5. The molecule has 1 aromatic heterocycles. The zero-order chi connectivity index (χ0) is 24.6. The Morgan fingerprint density at radius 3 is 2.68 bits per heavy atom. The molecule has 34 heavy (non-hydrogen) atoms. The number of rotatable bonds is 5. The third kappa shape index (κ3) is 4.58. The highest BCUT2D eigenvalue weighted by molar-refractivity contribution is 6.34. The average Bonchev–Trinajstić information content (AvgIpc) is 3.28. The molecule has 11 heteroatoms. The van der Waals surface area contributed by atoms with Gasteiger partial charge in [0.2, 0.25) is 0 Å². The van der Waals surface area contributed by atoms with Crippen molar-refractivity contribution in [2.24, 2.45) is 0 Å². The Kier molecular flexibility index (Phi) is 6.26. The number of carboxylic acid groups (broad SMARTS) is 1. The molecule has 2 aromatic carbocycles. The van der Waals surface area contributed by atoms with E-state index in [1.54, 1.807) is 6.07 Å². The molecule has 1 amide bonds. The number of ether oxygens (including phenoxy) is 1. The lowest BCUT2D eigenvalue weighted by atomic mass is 10.1. The quantitative estimate of drug-likeness (QED) is 0.556. The summed E-state index contributed by atoms with van der Waals surface area (Å²) in [5.74, 6) is -2.31. The molecule has 3 aromatic rings. The maximum absolute atomic E-state index is 13.3. The number of alkyl halides is 3. The van der Waals surface area contributed by atoms with Crippen molar-refractivity contribution in [2.75, 3.05) is 13.2 Å². The van der Waals surface area contributed by atoms with E-state index in [0.29, 0.717) is 12.5 Å². The largest absolute Gasteiger partial charge is 0.483 e. The summed E-state index contributed by atoms with van der Waals surface area (Å²) in [7, 11) is 0. The number of carbonyl (C=O) groups excluding carboxylic acids is 1. The minimum Gasteiger partial charge on any atom is -0.483 e. The fourth-order valence-corrected chi connectivity index (χ4v) is 4.05. The molecule has 178 valence electrons. The molecule has 0 saturated carbocycles. The topological polar surface area (TPSA) is 97.0 Å². The second kappa shape index (κ2) is 9.02. The van der Waals surface area contributed by atoms with Gasteiger partial charge < -0.3 is 19.2 Å². The molecule has 7 nitrogen and oxygen atoms in total. The molecule has 1 N–H and O–H groups in total. The Morgan fingerprint density at radius 1 is 1.21 bits per heavy atom. The maximum atomic E-state index is 13.3. The van der Waals surface area contributed by atoms with E-state index in [1.165, 1.54) is 12.1 Å². The molecule has 0 radical (unpaired) electrons. The van der Waals surface area contributed by atoms with Crippen LogP contribution in [0.15, 0.2) is 51.7 Å². The Labute approximate surface area is 195 Å². The van der Waals surface area contributed by atoms with Gasteiger partial charge in [0.05, 0.1) is 21.5 Å². The van der Waals surface area contributed by atoms with Crippen molar-refractivity contribution in [1.82, 2.24) is 4.90 Å². The zero-order valence-electron chi connectivity index (χ0n) is 17.4. The number of likely N-dealkylation sites (tertiary alicyclic amines) is 1. The van der Waals surface area contributed by atoms with Gasteiger partial charge in [-0.05, 0) is 43.2 Å². The van der Waals surface area contributed by atoms with E-state index in [1.807, 2.05) is 0 Å². The van der Waals surface area contributed by atoms with Crippen molar-refractivity contribution in [3.05, 3.63) is 63.3 Å². The predicted molar refractivity (Wildman–Crippen MR) is 116 cm³/mol. The number of hydrogen-bond acceptors (Lipinski definition) is 5. The number of hydrogen-bond donors (Lipinski definition) is 1. The van der Waals surface area contributed by atoms with Crippen LogP contribution < -0.4 is 10.2 Å². The monoisotopic (exact) mass is 495 g/mol. The van der Waals surface area contributed by atoms with Gasteiger partial charge in [0.25, 0.3) is 5.91 Å². The van der Waals surface area contributed by atoms with Crippen LogP contribution in [-0.2, 0) is 15.8 Å². The van der Waals surface area contributed by atoms with E-state index >= 15 is 0 Å². The van der Waals surface area contributed by atoms with Crippen LogP contribution in [-0.4, -0.2) is 41.1 Å². The molecule has 0 unspecified atom stereocenters. The van der Waals surface area contributed by atoms with Crippen molar-refractivity contribution >= 4 is 34.4 Å². The smallest absolute Gasteiger partial charge is 0.416 e. The Balaban J connectivity index is 1.72. The summed E-state index contributed by atoms with van der Waals surface area (Å²) in [6.45, 7) is -0.497. The first kappa shape index (κ1) is 23.6. The van der Waals surface area contributed by atoms with Gasteiger partial charge in [-0.3, -0.25) is 9.59 Å². The van der Waals surface area contributed by atoms with E-state index in [0.717, 1.165) is 23.1 Å². The molecule has 1 aliphatic heterocycles. The summed E-state index contributed by atoms with van der Waals surface area (Å²) < 4.78 is 51.1. The van der Waals surface area contributed by atoms with Crippen LogP contribution in [0.4, 0.5) is 13.2 Å². The summed E-state index contributed by atoms with van der Waals surface area (Å²) in [6, 6.07) is 7.18. The number of benzene rings is 2. The summed E-state index contributed by atoms with van der Waals surface area (Å²) in [6.07, 6.45) is -3.93. The van der Waals surface area contributed by atoms with Gasteiger partial charge in [0, 0.05) is 12.6 Å². The molecule has 2 heterocycles. The molecule has 1 fully saturated rings. The number of carbonyl (C=O) groups is 2. The summed E-state index contributed by atoms with van der Waals surface area (Å²) >= 11 is 6.12. The average molecular weight is 496 g/mol. The van der Waals surface area contributed by atoms with Gasteiger partial charge in [-0.2, -0.15) is 13.2 Å². The molecule has 0 bridgehead atoms. The Bertz CT molecular complexity index is 1340. The Morgan fingerprint density at radius 2 is 1.97 bits per heavy atom. The molecule has 1 aliphatic rings. The first-order chi connectivity index (χ1) is 16.1. The van der Waals surface area contributed by atoms with Crippen LogP contribution in [0.25, 0.3) is 22.3 Å². The van der Waals surface area contributed by atoms with Crippen LogP contribution in [0.1, 0.15) is 18.4 Å². The van der Waals surface area contributed by atoms with Gasteiger partial charge in [-0.15, -0.1) is 0 Å². The number of para-hydroxylation sites is 1. The predicted octanol–water partition coefficient (Wildman–Crippen LogP) is 4.59. The Hall–Kier alpha value is -3.53. The van der Waals surface area contributed by atoms with E-state index in [-0.39, 0.29) is 46.0 Å². The molecular weight excluding hydrogens is 479 g/mol. The second-order valence-electron chi connectivity index (χ2n) is 7.67. The first-order valence-electron chi connectivity index (χ1n) is 10.2. The van der Waals surface area contributed by atoms with E-state index in [4.69, 9.17) is 20.8 Å². The lowest BCUT2D eigenvalue weighted by Crippen LogP contribution is -2.42. The van der Waals surface area contributed by atoms with Crippen molar-refractivity contribution < 1.29 is 37.0 Å². The second-order valence-corrected chi connectivity index (χ2v) is 8.08. The fraction of sp³-hybridized carbons (Fsp3) is 0.261. The van der Waals surface area contributed by atoms with Crippen molar-refractivity contribution in [1.29, 1.82) is 0 Å². The molecule has 1 atom stereocenters. The van der Waals surface area contributed by atoms with Crippen LogP contribution in [0, 0.1) is 0 Å². The highest BCUT2D eigenvalue weighted by atomic mass is 35.5. The number of aliphatic carboxylic acids is 1. The normalized spacial score (nSPS) is 16.1. The number of amides is 1. The van der Waals surface area contributed by atoms with Gasteiger partial charge in [0.1, 0.15) is 17.6 Å². The highest BCUT2D eigenvalue weighted by Crippen LogP contribution is 2.38. The van der Waals surface area contributed by atoms with Gasteiger partial charge in [-0.1, -0.05) is 17.7 Å². The van der Waals surface area contributed by atoms with Crippen molar-refractivity contribution in [3.63, 3.8) is 0 Å². The van der Waals surface area contributed by atoms with E-state index < -0.39 is 41.7 Å². The van der Waals surface area contributed by atoms with E-state index in [9.17, 15) is 32.7 Å². The number of halogens is 4. The lowest BCUT2D eigenvalue weighted by Gasteiger charge is -2.22. The summed E-state index contributed by atoms with van der Waals surface area (Å²) in [4.78, 5) is 37.6. The zero-order valence-corrected chi connectivity index (χ0v) is 18.2. The summed E-state index contributed by atoms with van der Waals surface area (Å²) in [5.41, 5.74) is -1.46. The molecule has 0 spiro atoms. The van der Waals surface area contributed by atoms with Crippen LogP contribution in [0.5, 0.6) is 5.75 Å². The standard InChI is InChI=1S/C23H17ClF3NO6/c24-15-4-1-3-13-17(29)10-19(34-21(13)15)14-7-6-12(23(25,26)27)9-18(14)33-11-20(30)28-8-2-5-16(28)22(31)32/h1,3-4,6-7,9-10,16H,2,5,8,11H2,(H,31,32)/t16-/m0/s1. The fourth-order valence-electron chi connectivity index (χ4n) is 3.84. The van der Waals surface area contributed by atoms with Crippen molar-refractivity contribution in [3.8, 4) is 17.1 Å². The molecule has 4 rings (SSSR count). The van der Waals surface area contributed by atoms with Crippen LogP contribution in [0.3, 0.4) is 0 Å². The summed E-state index contributed by atoms with van der Waals surface area (Å²) in [5, 5.41) is 9.58. The maximum Gasteiger partial charge on any atom is 0.416 e. The lowest BCUT2D eigenvalue weighted by molar-refractivity contribution is -0.149. The van der Waals surface area contributed by atoms with Gasteiger partial charge >= 0.3 is 12.1 Å². The third-order valence-electron chi connectivity index (χ3n) is 5.49. The minimum atomic E-state index is -4.70. The van der Waals surface area contributed by atoms with Crippen LogP contribution in [0.2, 0.25) is 5.02 Å². The van der Waals surface area contributed by atoms with Crippen LogP contribution >= 0.6 is 11.6 Å². The molecular formula is C23H17ClF3NO6. The van der Waals surface area contributed by atoms with Crippen molar-refractivity contribution in [2.45, 2.75) is 25.1 Å². The van der Waals surface area contributed by atoms with Gasteiger partial charge in [-0.25, -0.2) is 4.79 Å². The minimum absolute atomic E-state index is 0.00377.